The molecular formula is C18H19BrN2O3. The van der Waals surface area contributed by atoms with E-state index in [1.165, 1.54) is 5.56 Å². The van der Waals surface area contributed by atoms with Crippen LogP contribution in [0.4, 0.5) is 0 Å². The van der Waals surface area contributed by atoms with E-state index in [0.29, 0.717) is 11.5 Å². The van der Waals surface area contributed by atoms with Crippen molar-refractivity contribution in [3.63, 3.8) is 0 Å². The molecule has 0 atom stereocenters. The molecule has 6 heteroatoms. The molecular weight excluding hydrogens is 372 g/mol. The van der Waals surface area contributed by atoms with Gasteiger partial charge in [-0.15, -0.1) is 0 Å². The molecule has 0 aliphatic rings. The highest BCUT2D eigenvalue weighted by molar-refractivity contribution is 9.10. The summed E-state index contributed by atoms with van der Waals surface area (Å²) in [5.41, 5.74) is 4.95. The van der Waals surface area contributed by atoms with Crippen molar-refractivity contribution in [1.29, 1.82) is 0 Å². The Kier molecular flexibility index (Phi) is 6.37. The van der Waals surface area contributed by atoms with E-state index in [-0.39, 0.29) is 18.3 Å². The molecule has 0 aliphatic carbocycles. The molecule has 0 heterocycles. The monoisotopic (exact) mass is 390 g/mol. The number of aromatic hydroxyl groups is 1. The van der Waals surface area contributed by atoms with Crippen molar-refractivity contribution in [2.75, 3.05) is 6.61 Å². The molecule has 2 rings (SSSR count). The molecule has 0 aromatic heterocycles. The summed E-state index contributed by atoms with van der Waals surface area (Å²) in [5.74, 6) is 0.397. The van der Waals surface area contributed by atoms with Crippen molar-refractivity contribution in [3.8, 4) is 11.5 Å². The number of carbonyl (C=O) groups is 1. The van der Waals surface area contributed by atoms with Crippen LogP contribution in [-0.4, -0.2) is 23.3 Å². The summed E-state index contributed by atoms with van der Waals surface area (Å²) in [5, 5.41) is 13.5. The van der Waals surface area contributed by atoms with Gasteiger partial charge in [0.25, 0.3) is 5.91 Å². The molecule has 0 radical (unpaired) electrons. The van der Waals surface area contributed by atoms with E-state index < -0.39 is 0 Å². The Hall–Kier alpha value is -2.34. The van der Waals surface area contributed by atoms with E-state index in [4.69, 9.17) is 4.74 Å². The van der Waals surface area contributed by atoms with Crippen LogP contribution in [0.5, 0.6) is 11.5 Å². The molecule has 2 N–H and O–H groups in total. The average Bonchev–Trinajstić information content (AvgIpc) is 2.58. The summed E-state index contributed by atoms with van der Waals surface area (Å²) in [7, 11) is 0. The lowest BCUT2D eigenvalue weighted by molar-refractivity contribution is -0.123. The minimum atomic E-state index is -0.360. The summed E-state index contributed by atoms with van der Waals surface area (Å²) in [6.07, 6.45) is 0.933. The molecule has 0 unspecified atom stereocenters. The zero-order chi connectivity index (χ0) is 17.5. The summed E-state index contributed by atoms with van der Waals surface area (Å²) in [4.78, 5) is 11.8. The van der Waals surface area contributed by atoms with Gasteiger partial charge in [-0.25, -0.2) is 5.43 Å². The number of halogens is 1. The third-order valence-electron chi connectivity index (χ3n) is 3.38. The number of aryl methyl sites for hydroxylation is 1. The number of hydrogen-bond donors (Lipinski definition) is 2. The van der Waals surface area contributed by atoms with E-state index in [9.17, 15) is 9.90 Å². The number of phenolic OH excluding ortho intramolecular Hbond substituents is 1. The van der Waals surface area contributed by atoms with Gasteiger partial charge in [-0.3, -0.25) is 4.79 Å². The Labute approximate surface area is 149 Å². The zero-order valence-electron chi connectivity index (χ0n) is 13.5. The summed E-state index contributed by atoms with van der Waals surface area (Å²) in [6, 6.07) is 12.4. The normalized spacial score (nSPS) is 11.2. The Morgan fingerprint density at radius 2 is 2.08 bits per heavy atom. The van der Waals surface area contributed by atoms with E-state index in [1.807, 2.05) is 18.2 Å². The first kappa shape index (κ1) is 18.0. The van der Waals surface area contributed by atoms with E-state index in [1.54, 1.807) is 31.2 Å². The maximum atomic E-state index is 11.8. The number of carbonyl (C=O) groups excluding carboxylic acids is 1. The quantitative estimate of drug-likeness (QED) is 0.584. The van der Waals surface area contributed by atoms with Crippen LogP contribution in [0.1, 0.15) is 25.0 Å². The van der Waals surface area contributed by atoms with Crippen LogP contribution in [-0.2, 0) is 11.2 Å². The minimum Gasteiger partial charge on any atom is -0.508 e. The second-order valence-corrected chi connectivity index (χ2v) is 6.04. The number of nitrogens with one attached hydrogen (secondary N) is 1. The Morgan fingerprint density at radius 1 is 1.29 bits per heavy atom. The molecule has 2 aromatic rings. The number of hydrogen-bond acceptors (Lipinski definition) is 4. The van der Waals surface area contributed by atoms with Crippen LogP contribution >= 0.6 is 15.9 Å². The van der Waals surface area contributed by atoms with Gasteiger partial charge < -0.3 is 9.84 Å². The van der Waals surface area contributed by atoms with Crippen LogP contribution in [0.25, 0.3) is 0 Å². The topological polar surface area (TPSA) is 70.9 Å². The van der Waals surface area contributed by atoms with Gasteiger partial charge in [-0.05, 0) is 59.1 Å². The third kappa shape index (κ3) is 5.09. The van der Waals surface area contributed by atoms with Crippen molar-refractivity contribution < 1.29 is 14.6 Å². The molecule has 0 aliphatic heterocycles. The lowest BCUT2D eigenvalue weighted by atomic mass is 10.1. The van der Waals surface area contributed by atoms with Gasteiger partial charge in [0, 0.05) is 5.56 Å². The molecule has 0 saturated carbocycles. The molecule has 5 nitrogen and oxygen atoms in total. The number of amides is 1. The maximum absolute atomic E-state index is 11.8. The number of phenols is 1. The first-order chi connectivity index (χ1) is 11.5. The van der Waals surface area contributed by atoms with Crippen LogP contribution in [0.3, 0.4) is 0 Å². The van der Waals surface area contributed by atoms with E-state index in [2.05, 4.69) is 33.4 Å². The van der Waals surface area contributed by atoms with Crippen molar-refractivity contribution in [3.05, 3.63) is 58.1 Å². The average molecular weight is 391 g/mol. The van der Waals surface area contributed by atoms with Gasteiger partial charge in [0.2, 0.25) is 0 Å². The molecule has 126 valence electrons. The van der Waals surface area contributed by atoms with Gasteiger partial charge in [0.1, 0.15) is 11.5 Å². The zero-order valence-corrected chi connectivity index (χ0v) is 15.1. The summed E-state index contributed by atoms with van der Waals surface area (Å²) in [6.45, 7) is 3.68. The molecule has 2 aromatic carbocycles. The molecule has 24 heavy (non-hydrogen) atoms. The van der Waals surface area contributed by atoms with Crippen molar-refractivity contribution in [1.82, 2.24) is 5.43 Å². The summed E-state index contributed by atoms with van der Waals surface area (Å²) < 4.78 is 6.30. The highest BCUT2D eigenvalue weighted by Crippen LogP contribution is 2.26. The van der Waals surface area contributed by atoms with Crippen LogP contribution in [0.15, 0.2) is 52.0 Å². The van der Waals surface area contributed by atoms with E-state index >= 15 is 0 Å². The Morgan fingerprint density at radius 3 is 2.75 bits per heavy atom. The highest BCUT2D eigenvalue weighted by atomic mass is 79.9. The molecule has 0 saturated heterocycles. The lowest BCUT2D eigenvalue weighted by Crippen LogP contribution is -2.25. The first-order valence-electron chi connectivity index (χ1n) is 7.53. The molecule has 1 amide bonds. The van der Waals surface area contributed by atoms with Gasteiger partial charge in [-0.1, -0.05) is 25.1 Å². The lowest BCUT2D eigenvalue weighted by Gasteiger charge is -2.09. The molecule has 0 spiro atoms. The SMILES string of the molecule is CCc1ccc(OCC(=O)N/N=C(/C)c2cccc(O)c2)c(Br)c1. The highest BCUT2D eigenvalue weighted by Gasteiger charge is 2.06. The minimum absolute atomic E-state index is 0.138. The van der Waals surface area contributed by atoms with Gasteiger partial charge in [-0.2, -0.15) is 5.10 Å². The van der Waals surface area contributed by atoms with Crippen molar-refractivity contribution in [2.24, 2.45) is 5.10 Å². The van der Waals surface area contributed by atoms with E-state index in [0.717, 1.165) is 16.5 Å². The predicted molar refractivity (Wildman–Crippen MR) is 97.5 cm³/mol. The molecule has 0 fully saturated rings. The van der Waals surface area contributed by atoms with Crippen LogP contribution in [0, 0.1) is 0 Å². The number of ether oxygens (including phenoxy) is 1. The predicted octanol–water partition coefficient (Wildman–Crippen LogP) is 3.64. The Bertz CT molecular complexity index is 760. The van der Waals surface area contributed by atoms with Gasteiger partial charge in [0.15, 0.2) is 6.61 Å². The van der Waals surface area contributed by atoms with Crippen molar-refractivity contribution >= 4 is 27.5 Å². The van der Waals surface area contributed by atoms with Crippen LogP contribution < -0.4 is 10.2 Å². The fourth-order valence-corrected chi connectivity index (χ4v) is 2.54. The number of rotatable bonds is 6. The van der Waals surface area contributed by atoms with Crippen molar-refractivity contribution in [2.45, 2.75) is 20.3 Å². The first-order valence-corrected chi connectivity index (χ1v) is 8.32. The number of nitrogens with zero attached hydrogens (tertiary/aromatic N) is 1. The van der Waals surface area contributed by atoms with Gasteiger partial charge >= 0.3 is 0 Å². The third-order valence-corrected chi connectivity index (χ3v) is 4.00. The summed E-state index contributed by atoms with van der Waals surface area (Å²) >= 11 is 3.43. The maximum Gasteiger partial charge on any atom is 0.277 e. The second-order valence-electron chi connectivity index (χ2n) is 5.19. The van der Waals surface area contributed by atoms with Gasteiger partial charge in [0.05, 0.1) is 10.2 Å². The molecule has 0 bridgehead atoms. The second kappa shape index (κ2) is 8.49. The fraction of sp³-hybridized carbons (Fsp3) is 0.222. The Balaban J connectivity index is 1.90. The van der Waals surface area contributed by atoms with Crippen LogP contribution in [0.2, 0.25) is 0 Å². The standard InChI is InChI=1S/C18H19BrN2O3/c1-3-13-7-8-17(16(19)9-13)24-11-18(23)21-20-12(2)14-5-4-6-15(22)10-14/h4-10,22H,3,11H2,1-2H3,(H,21,23)/b20-12-. The number of benzene rings is 2. The number of hydrazone groups is 1. The smallest absolute Gasteiger partial charge is 0.277 e. The fourth-order valence-electron chi connectivity index (χ4n) is 2.00. The largest absolute Gasteiger partial charge is 0.508 e.